The van der Waals surface area contributed by atoms with Crippen LogP contribution in [-0.4, -0.2) is 55.7 Å². The summed E-state index contributed by atoms with van der Waals surface area (Å²) in [6, 6.07) is 6.26. The molecule has 1 saturated heterocycles. The lowest BCUT2D eigenvalue weighted by molar-refractivity contribution is -0.192. The molecular formula is C27H20F6N6O6. The highest BCUT2D eigenvalue weighted by Crippen LogP contribution is 2.37. The number of H-pyrrole nitrogens is 1. The average molecular weight is 638 g/mol. The Labute approximate surface area is 247 Å². The van der Waals surface area contributed by atoms with Gasteiger partial charge in [0.15, 0.2) is 11.4 Å². The van der Waals surface area contributed by atoms with Crippen molar-refractivity contribution in [2.24, 2.45) is 0 Å². The zero-order valence-corrected chi connectivity index (χ0v) is 23.0. The molecule has 3 amide bonds. The van der Waals surface area contributed by atoms with Crippen LogP contribution in [0.4, 0.5) is 42.5 Å². The van der Waals surface area contributed by atoms with E-state index in [2.05, 4.69) is 19.9 Å². The van der Waals surface area contributed by atoms with E-state index in [0.29, 0.717) is 28.8 Å². The number of urea groups is 1. The number of hydrogen-bond acceptors (Lipinski definition) is 8. The number of hydrogen-bond donors (Lipinski definition) is 2. The van der Waals surface area contributed by atoms with Gasteiger partial charge in [0.1, 0.15) is 17.8 Å². The molecule has 4 heterocycles. The number of aromatic nitrogens is 4. The Hall–Kier alpha value is -5.55. The van der Waals surface area contributed by atoms with Crippen LogP contribution in [0.2, 0.25) is 0 Å². The Balaban J connectivity index is 0.000000591. The first-order valence-corrected chi connectivity index (χ1v) is 12.6. The maximum Gasteiger partial charge on any atom is 0.490 e. The summed E-state index contributed by atoms with van der Waals surface area (Å²) in [5.74, 6) is -2.72. The maximum absolute atomic E-state index is 13.2. The van der Waals surface area contributed by atoms with E-state index in [1.54, 1.807) is 18.2 Å². The number of benzene rings is 1. The van der Waals surface area contributed by atoms with Gasteiger partial charge in [-0.2, -0.15) is 26.3 Å². The molecule has 0 radical (unpaired) electrons. The molecule has 0 spiro atoms. The Bertz CT molecular complexity index is 1840. The maximum atomic E-state index is 13.2. The number of pyridine rings is 2. The summed E-state index contributed by atoms with van der Waals surface area (Å²) in [6.07, 6.45) is -5.42. The van der Waals surface area contributed by atoms with Gasteiger partial charge in [0.2, 0.25) is 0 Å². The summed E-state index contributed by atoms with van der Waals surface area (Å²) >= 11 is 0. The zero-order valence-electron chi connectivity index (χ0n) is 23.0. The fourth-order valence-electron chi connectivity index (χ4n) is 4.03. The van der Waals surface area contributed by atoms with Crippen molar-refractivity contribution < 1.29 is 50.6 Å². The van der Waals surface area contributed by atoms with Gasteiger partial charge in [0.05, 0.1) is 29.3 Å². The molecule has 0 unspecified atom stereocenters. The Morgan fingerprint density at radius 2 is 1.64 bits per heavy atom. The molecule has 1 fully saturated rings. The highest BCUT2D eigenvalue weighted by atomic mass is 19.4. The number of rotatable bonds is 5. The molecule has 0 saturated carbocycles. The van der Waals surface area contributed by atoms with E-state index in [9.17, 15) is 40.7 Å². The fraction of sp³-hybridized carbons (Fsp3) is 0.222. The number of imide groups is 1. The van der Waals surface area contributed by atoms with Crippen molar-refractivity contribution in [1.82, 2.24) is 19.9 Å². The molecule has 0 atom stereocenters. The van der Waals surface area contributed by atoms with Crippen LogP contribution >= 0.6 is 0 Å². The van der Waals surface area contributed by atoms with Crippen molar-refractivity contribution in [1.29, 1.82) is 0 Å². The smallest absolute Gasteiger partial charge is 0.475 e. The number of alkyl halides is 6. The molecule has 18 heteroatoms. The largest absolute Gasteiger partial charge is 0.490 e. The Morgan fingerprint density at radius 3 is 2.27 bits per heavy atom. The van der Waals surface area contributed by atoms with Crippen molar-refractivity contribution in [3.63, 3.8) is 0 Å². The number of halogens is 6. The quantitative estimate of drug-likeness (QED) is 0.220. The number of nitrogens with zero attached hydrogens (tertiary/aromatic N) is 5. The molecule has 236 valence electrons. The predicted octanol–water partition coefficient (Wildman–Crippen LogP) is 5.25. The van der Waals surface area contributed by atoms with E-state index >= 15 is 0 Å². The number of aliphatic carboxylic acids is 1. The SMILES string of the molecule is CC(C)c1cc(N2C(=O)CN(c3cncc(C(F)(F)F)c3)C2=O)ccc1Oc1ccnc2[nH]c(=O)cnc12.O=C(O)C(F)(F)F. The number of carboxylic acids is 1. The fourth-order valence-corrected chi connectivity index (χ4v) is 4.03. The number of nitrogens with one attached hydrogen (secondary N) is 1. The first-order chi connectivity index (χ1) is 21.0. The molecule has 0 aliphatic carbocycles. The van der Waals surface area contributed by atoms with Crippen LogP contribution in [0.1, 0.15) is 30.9 Å². The first-order valence-electron chi connectivity index (χ1n) is 12.6. The van der Waals surface area contributed by atoms with E-state index in [1.165, 1.54) is 12.3 Å². The first kappa shape index (κ1) is 32.4. The van der Waals surface area contributed by atoms with Crippen LogP contribution < -0.4 is 20.1 Å². The van der Waals surface area contributed by atoms with Crippen molar-refractivity contribution in [2.45, 2.75) is 32.1 Å². The van der Waals surface area contributed by atoms with Crippen LogP contribution in [-0.2, 0) is 15.8 Å². The zero-order chi connectivity index (χ0) is 33.3. The lowest BCUT2D eigenvalue weighted by Gasteiger charge is -2.20. The molecule has 5 rings (SSSR count). The predicted molar refractivity (Wildman–Crippen MR) is 144 cm³/mol. The normalized spacial score (nSPS) is 13.7. The topological polar surface area (TPSA) is 159 Å². The van der Waals surface area contributed by atoms with Crippen molar-refractivity contribution in [2.75, 3.05) is 16.3 Å². The minimum Gasteiger partial charge on any atom is -0.475 e. The monoisotopic (exact) mass is 638 g/mol. The molecule has 12 nitrogen and oxygen atoms in total. The third kappa shape index (κ3) is 7.16. The highest BCUT2D eigenvalue weighted by Gasteiger charge is 2.40. The van der Waals surface area contributed by atoms with Gasteiger partial charge < -0.3 is 14.8 Å². The van der Waals surface area contributed by atoms with Gasteiger partial charge in [-0.3, -0.25) is 19.5 Å². The van der Waals surface area contributed by atoms with Gasteiger partial charge in [0.25, 0.3) is 11.5 Å². The molecule has 3 aromatic heterocycles. The van der Waals surface area contributed by atoms with E-state index in [4.69, 9.17) is 14.6 Å². The molecule has 4 aromatic rings. The van der Waals surface area contributed by atoms with Crippen molar-refractivity contribution >= 4 is 40.4 Å². The highest BCUT2D eigenvalue weighted by molar-refractivity contribution is 6.27. The molecule has 2 N–H and O–H groups in total. The minimum absolute atomic E-state index is 0.109. The van der Waals surface area contributed by atoms with Gasteiger partial charge in [0, 0.05) is 18.5 Å². The second kappa shape index (κ2) is 12.2. The number of aromatic amines is 1. The molecule has 1 aliphatic heterocycles. The van der Waals surface area contributed by atoms with Crippen LogP contribution in [0.25, 0.3) is 11.2 Å². The standard InChI is InChI=1S/C25H19F3N6O4.C2HF3O2/c1-13(2)17-8-15(3-4-18(17)38-19-5-6-30-23-22(19)31-11-20(35)32-23)34-21(36)12-33(24(34)37)16-7-14(9-29-10-16)25(26,27)28;3-2(4,5)1(6)7/h3-11,13H,12H2,1-2H3,(H,30,32,35);(H,6,7). The lowest BCUT2D eigenvalue weighted by atomic mass is 10.0. The second-order valence-electron chi connectivity index (χ2n) is 9.56. The molecule has 0 bridgehead atoms. The summed E-state index contributed by atoms with van der Waals surface area (Å²) in [5.41, 5.74) is -0.114. The van der Waals surface area contributed by atoms with Crippen molar-refractivity contribution in [3.05, 3.63) is 76.6 Å². The van der Waals surface area contributed by atoms with Crippen LogP contribution in [0.5, 0.6) is 11.5 Å². The second-order valence-corrected chi connectivity index (χ2v) is 9.56. The summed E-state index contributed by atoms with van der Waals surface area (Å²) < 4.78 is 77.2. The van der Waals surface area contributed by atoms with Gasteiger partial charge in [-0.1, -0.05) is 13.8 Å². The van der Waals surface area contributed by atoms with Gasteiger partial charge in [-0.15, -0.1) is 0 Å². The number of fused-ring (bicyclic) bond motifs is 1. The summed E-state index contributed by atoms with van der Waals surface area (Å²) in [5, 5.41) is 7.12. The minimum atomic E-state index is -5.08. The summed E-state index contributed by atoms with van der Waals surface area (Å²) in [6.45, 7) is 3.34. The van der Waals surface area contributed by atoms with E-state index in [-0.39, 0.29) is 22.9 Å². The number of carbonyl (C=O) groups excluding carboxylic acids is 2. The average Bonchev–Trinajstić information content (AvgIpc) is 3.26. The van der Waals surface area contributed by atoms with Crippen LogP contribution in [0.3, 0.4) is 0 Å². The number of anilines is 2. The van der Waals surface area contributed by atoms with Gasteiger partial charge in [-0.05, 0) is 35.7 Å². The molecule has 45 heavy (non-hydrogen) atoms. The van der Waals surface area contributed by atoms with Crippen LogP contribution in [0, 0.1) is 0 Å². The van der Waals surface area contributed by atoms with E-state index in [0.717, 1.165) is 28.3 Å². The lowest BCUT2D eigenvalue weighted by Crippen LogP contribution is -2.33. The third-order valence-corrected chi connectivity index (χ3v) is 6.10. The Morgan fingerprint density at radius 1 is 0.956 bits per heavy atom. The van der Waals surface area contributed by atoms with Gasteiger partial charge >= 0.3 is 24.4 Å². The summed E-state index contributed by atoms with van der Waals surface area (Å²) in [4.78, 5) is 62.6. The number of carboxylic acid groups (broad SMARTS) is 1. The number of ether oxygens (including phenoxy) is 1. The van der Waals surface area contributed by atoms with Crippen LogP contribution in [0.15, 0.2) is 59.9 Å². The van der Waals surface area contributed by atoms with Crippen molar-refractivity contribution in [3.8, 4) is 11.5 Å². The van der Waals surface area contributed by atoms with E-state index in [1.807, 2.05) is 13.8 Å². The number of carbonyl (C=O) groups is 3. The molecule has 1 aromatic carbocycles. The van der Waals surface area contributed by atoms with E-state index < -0.39 is 47.9 Å². The third-order valence-electron chi connectivity index (χ3n) is 6.10. The number of amides is 3. The van der Waals surface area contributed by atoms with Gasteiger partial charge in [-0.25, -0.2) is 24.5 Å². The molecule has 1 aliphatic rings. The molecular weight excluding hydrogens is 618 g/mol. The Kier molecular flexibility index (Phi) is 8.78. The summed E-state index contributed by atoms with van der Waals surface area (Å²) in [7, 11) is 0.